The van der Waals surface area contributed by atoms with Crippen molar-refractivity contribution in [3.05, 3.63) is 89.0 Å². The number of nitrogens with zero attached hydrogens (tertiary/aromatic N) is 1. The Morgan fingerprint density at radius 2 is 1.31 bits per heavy atom. The molecule has 0 atom stereocenters. The maximum absolute atomic E-state index is 12.4. The zero-order valence-electron chi connectivity index (χ0n) is 16.0. The van der Waals surface area contributed by atoms with Crippen molar-refractivity contribution in [3.8, 4) is 0 Å². The number of carbonyl (C=O) groups excluding carboxylic acids is 2. The van der Waals surface area contributed by atoms with Crippen LogP contribution in [0.2, 0.25) is 0 Å². The van der Waals surface area contributed by atoms with Gasteiger partial charge in [-0.05, 0) is 56.3 Å². The quantitative estimate of drug-likeness (QED) is 0.480. The van der Waals surface area contributed by atoms with Gasteiger partial charge in [-0.15, -0.1) is 0 Å². The number of hydrogen-bond acceptors (Lipinski definition) is 4. The molecule has 4 rings (SSSR count). The number of thiazole rings is 1. The maximum Gasteiger partial charge on any atom is 0.257 e. The van der Waals surface area contributed by atoms with Crippen LogP contribution < -0.4 is 10.6 Å². The first-order valence-electron chi connectivity index (χ1n) is 9.14. The lowest BCUT2D eigenvalue weighted by Crippen LogP contribution is -2.11. The number of fused-ring (bicyclic) bond motifs is 1. The van der Waals surface area contributed by atoms with E-state index in [4.69, 9.17) is 0 Å². The van der Waals surface area contributed by atoms with Crippen molar-refractivity contribution < 1.29 is 9.59 Å². The summed E-state index contributed by atoms with van der Waals surface area (Å²) in [5.74, 6) is -0.362. The van der Waals surface area contributed by atoms with E-state index in [0.717, 1.165) is 21.3 Å². The monoisotopic (exact) mass is 401 g/mol. The molecule has 1 heterocycles. The summed E-state index contributed by atoms with van der Waals surface area (Å²) in [6.45, 7) is 3.96. The minimum atomic E-state index is -0.197. The smallest absolute Gasteiger partial charge is 0.257 e. The zero-order chi connectivity index (χ0) is 20.4. The standard InChI is InChI=1S/C23H19N3O2S/c1-14-3-7-16(8-4-14)21(27)24-18-11-12-19-20(13-18)29-23(25-19)26-22(28)17-9-5-15(2)6-10-17/h3-13H,1-2H3,(H,24,27)(H,25,26,28). The molecule has 0 aliphatic heterocycles. The average Bonchev–Trinajstić information content (AvgIpc) is 3.10. The number of carbonyl (C=O) groups is 2. The summed E-state index contributed by atoms with van der Waals surface area (Å²) in [6, 6.07) is 20.3. The van der Waals surface area contributed by atoms with Crippen LogP contribution in [0.15, 0.2) is 66.7 Å². The Labute approximate surface area is 172 Å². The first-order chi connectivity index (χ1) is 14.0. The largest absolute Gasteiger partial charge is 0.322 e. The predicted molar refractivity (Wildman–Crippen MR) is 118 cm³/mol. The Kier molecular flexibility index (Phi) is 5.10. The van der Waals surface area contributed by atoms with Crippen molar-refractivity contribution in [2.24, 2.45) is 0 Å². The average molecular weight is 401 g/mol. The first kappa shape index (κ1) is 18.8. The van der Waals surface area contributed by atoms with Crippen LogP contribution in [0.1, 0.15) is 31.8 Å². The highest BCUT2D eigenvalue weighted by atomic mass is 32.1. The second-order valence-corrected chi connectivity index (χ2v) is 7.87. The molecular formula is C23H19N3O2S. The fourth-order valence-electron chi connectivity index (χ4n) is 2.84. The molecule has 6 heteroatoms. The summed E-state index contributed by atoms with van der Waals surface area (Å²) in [7, 11) is 0. The van der Waals surface area contributed by atoms with Gasteiger partial charge in [0, 0.05) is 16.8 Å². The number of rotatable bonds is 4. The second-order valence-electron chi connectivity index (χ2n) is 6.84. The third kappa shape index (κ3) is 4.33. The summed E-state index contributed by atoms with van der Waals surface area (Å²) in [4.78, 5) is 29.3. The molecule has 2 amide bonds. The van der Waals surface area contributed by atoms with E-state index in [1.54, 1.807) is 30.3 Å². The molecule has 0 spiro atoms. The number of hydrogen-bond donors (Lipinski definition) is 2. The summed E-state index contributed by atoms with van der Waals surface area (Å²) in [5, 5.41) is 6.26. The molecule has 2 N–H and O–H groups in total. The van der Waals surface area contributed by atoms with Gasteiger partial charge < -0.3 is 5.32 Å². The first-order valence-corrected chi connectivity index (χ1v) is 9.96. The molecule has 0 radical (unpaired) electrons. The van der Waals surface area contributed by atoms with Crippen molar-refractivity contribution in [1.82, 2.24) is 4.98 Å². The van der Waals surface area contributed by atoms with E-state index in [0.29, 0.717) is 21.9 Å². The minimum absolute atomic E-state index is 0.165. The van der Waals surface area contributed by atoms with Gasteiger partial charge in [-0.3, -0.25) is 14.9 Å². The molecule has 0 aliphatic carbocycles. The van der Waals surface area contributed by atoms with Gasteiger partial charge in [0.2, 0.25) is 0 Å². The van der Waals surface area contributed by atoms with Crippen LogP contribution in [0.4, 0.5) is 10.8 Å². The predicted octanol–water partition coefficient (Wildman–Crippen LogP) is 5.42. The van der Waals surface area contributed by atoms with E-state index < -0.39 is 0 Å². The van der Waals surface area contributed by atoms with E-state index >= 15 is 0 Å². The van der Waals surface area contributed by atoms with Crippen molar-refractivity contribution in [3.63, 3.8) is 0 Å². The molecule has 0 bridgehead atoms. The highest BCUT2D eigenvalue weighted by Gasteiger charge is 2.11. The molecule has 0 unspecified atom stereocenters. The van der Waals surface area contributed by atoms with E-state index in [1.807, 2.05) is 50.2 Å². The Morgan fingerprint density at radius 1 is 0.759 bits per heavy atom. The van der Waals surface area contributed by atoms with Crippen LogP contribution in [-0.4, -0.2) is 16.8 Å². The Bertz CT molecular complexity index is 1140. The van der Waals surface area contributed by atoms with Crippen molar-refractivity contribution in [1.29, 1.82) is 0 Å². The fraction of sp³-hybridized carbons (Fsp3) is 0.0870. The molecule has 0 saturated carbocycles. The van der Waals surface area contributed by atoms with Crippen molar-refractivity contribution >= 4 is 44.2 Å². The molecule has 3 aromatic carbocycles. The van der Waals surface area contributed by atoms with Gasteiger partial charge in [0.1, 0.15) is 0 Å². The number of anilines is 2. The second kappa shape index (κ2) is 7.85. The minimum Gasteiger partial charge on any atom is -0.322 e. The molecule has 5 nitrogen and oxygen atoms in total. The number of amides is 2. The fourth-order valence-corrected chi connectivity index (χ4v) is 3.74. The molecule has 0 saturated heterocycles. The van der Waals surface area contributed by atoms with Gasteiger partial charge >= 0.3 is 0 Å². The number of aryl methyl sites for hydroxylation is 2. The summed E-state index contributed by atoms with van der Waals surface area (Å²) in [5.41, 5.74) is 4.84. The van der Waals surface area contributed by atoms with Crippen LogP contribution in [0.3, 0.4) is 0 Å². The lowest BCUT2D eigenvalue weighted by atomic mass is 10.1. The normalized spacial score (nSPS) is 10.7. The van der Waals surface area contributed by atoms with Gasteiger partial charge in [-0.25, -0.2) is 4.98 Å². The molecule has 4 aromatic rings. The van der Waals surface area contributed by atoms with Gasteiger partial charge in [0.15, 0.2) is 5.13 Å². The van der Waals surface area contributed by atoms with Gasteiger partial charge in [-0.1, -0.05) is 46.7 Å². The topological polar surface area (TPSA) is 71.1 Å². The number of aromatic nitrogens is 1. The molecule has 0 fully saturated rings. The van der Waals surface area contributed by atoms with Crippen LogP contribution in [0.5, 0.6) is 0 Å². The van der Waals surface area contributed by atoms with Crippen LogP contribution in [0.25, 0.3) is 10.2 Å². The van der Waals surface area contributed by atoms with E-state index in [9.17, 15) is 9.59 Å². The summed E-state index contributed by atoms with van der Waals surface area (Å²) < 4.78 is 0.880. The highest BCUT2D eigenvalue weighted by molar-refractivity contribution is 7.22. The van der Waals surface area contributed by atoms with Gasteiger partial charge in [-0.2, -0.15) is 0 Å². The van der Waals surface area contributed by atoms with E-state index in [2.05, 4.69) is 15.6 Å². The third-order valence-corrected chi connectivity index (χ3v) is 5.43. The molecule has 29 heavy (non-hydrogen) atoms. The lowest BCUT2D eigenvalue weighted by molar-refractivity contribution is 0.101. The SMILES string of the molecule is Cc1ccc(C(=O)Nc2ccc3nc(NC(=O)c4ccc(C)cc4)sc3c2)cc1. The highest BCUT2D eigenvalue weighted by Crippen LogP contribution is 2.29. The van der Waals surface area contributed by atoms with Crippen molar-refractivity contribution in [2.45, 2.75) is 13.8 Å². The van der Waals surface area contributed by atoms with Crippen LogP contribution >= 0.6 is 11.3 Å². The Hall–Kier alpha value is -3.51. The molecule has 0 aliphatic rings. The van der Waals surface area contributed by atoms with Crippen LogP contribution in [-0.2, 0) is 0 Å². The maximum atomic E-state index is 12.4. The lowest BCUT2D eigenvalue weighted by Gasteiger charge is -2.05. The Morgan fingerprint density at radius 3 is 1.90 bits per heavy atom. The molecule has 1 aromatic heterocycles. The Balaban J connectivity index is 1.50. The van der Waals surface area contributed by atoms with Crippen molar-refractivity contribution in [2.75, 3.05) is 10.6 Å². The summed E-state index contributed by atoms with van der Waals surface area (Å²) in [6.07, 6.45) is 0. The summed E-state index contributed by atoms with van der Waals surface area (Å²) >= 11 is 1.37. The van der Waals surface area contributed by atoms with E-state index in [1.165, 1.54) is 11.3 Å². The molecular weight excluding hydrogens is 382 g/mol. The molecule has 144 valence electrons. The van der Waals surface area contributed by atoms with Gasteiger partial charge in [0.05, 0.1) is 10.2 Å². The van der Waals surface area contributed by atoms with Crippen LogP contribution in [0, 0.1) is 13.8 Å². The third-order valence-electron chi connectivity index (χ3n) is 4.49. The van der Waals surface area contributed by atoms with Gasteiger partial charge in [0.25, 0.3) is 11.8 Å². The number of benzene rings is 3. The number of nitrogens with one attached hydrogen (secondary N) is 2. The zero-order valence-corrected chi connectivity index (χ0v) is 16.8. The van der Waals surface area contributed by atoms with E-state index in [-0.39, 0.29) is 11.8 Å².